The van der Waals surface area contributed by atoms with Crippen LogP contribution in [0.15, 0.2) is 0 Å². The second-order valence-electron chi connectivity index (χ2n) is 2.72. The second-order valence-corrected chi connectivity index (χ2v) is 2.72. The number of carbonyl (C=O) groups is 1. The van der Waals surface area contributed by atoms with Crippen LogP contribution in [0.25, 0.3) is 0 Å². The van der Waals surface area contributed by atoms with Gasteiger partial charge in [-0.05, 0) is 20.8 Å². The average Bonchev–Trinajstić information content (AvgIpc) is 1.85. The standard InChI is InChI=1S/C8H11O3/c1-5-6(2)11-7(9)8(3,4)10/h1,6H,2-4H3. The van der Waals surface area contributed by atoms with Gasteiger partial charge in [-0.3, -0.25) is 0 Å². The van der Waals surface area contributed by atoms with Crippen molar-refractivity contribution in [3.8, 4) is 12.3 Å². The smallest absolute Gasteiger partial charge is 0.342 e. The summed E-state index contributed by atoms with van der Waals surface area (Å²) in [6.45, 7) is 4.00. The molecule has 0 aromatic rings. The molecule has 1 radical (unpaired) electrons. The first kappa shape index (κ1) is 9.99. The summed E-state index contributed by atoms with van der Waals surface area (Å²) in [5.41, 5.74) is -1.72. The van der Waals surface area contributed by atoms with E-state index in [0.717, 1.165) is 0 Å². The van der Waals surface area contributed by atoms with Crippen LogP contribution < -0.4 is 0 Å². The maximum atomic E-state index is 10.9. The van der Waals surface area contributed by atoms with E-state index in [1.54, 1.807) is 0 Å². The van der Waals surface area contributed by atoms with E-state index in [4.69, 9.17) is 6.42 Å². The first-order valence-electron chi connectivity index (χ1n) is 3.25. The molecule has 1 atom stereocenters. The molecule has 0 aromatic heterocycles. The summed E-state index contributed by atoms with van der Waals surface area (Å²) in [5.74, 6) is 1.37. The summed E-state index contributed by atoms with van der Waals surface area (Å²) in [5, 5.41) is 10.9. The van der Waals surface area contributed by atoms with Crippen LogP contribution in [0.5, 0.6) is 0 Å². The van der Waals surface area contributed by atoms with Crippen molar-refractivity contribution in [3.63, 3.8) is 0 Å². The van der Waals surface area contributed by atoms with E-state index in [9.17, 15) is 9.90 Å². The van der Waals surface area contributed by atoms with Crippen LogP contribution in [0.2, 0.25) is 0 Å². The summed E-state index contributed by atoms with van der Waals surface area (Å²) in [4.78, 5) is 10.8. The van der Waals surface area contributed by atoms with Crippen LogP contribution in [0.3, 0.4) is 0 Å². The summed E-state index contributed by atoms with van der Waals surface area (Å²) >= 11 is 0. The lowest BCUT2D eigenvalue weighted by molar-refractivity contribution is -0.170. The highest BCUT2D eigenvalue weighted by molar-refractivity contribution is 5.78. The predicted octanol–water partition coefficient (Wildman–Crippen LogP) is 0.760. The highest BCUT2D eigenvalue weighted by atomic mass is 16.6. The Morgan fingerprint density at radius 2 is 2.09 bits per heavy atom. The molecule has 0 heterocycles. The van der Waals surface area contributed by atoms with Crippen molar-refractivity contribution in [1.82, 2.24) is 0 Å². The highest BCUT2D eigenvalue weighted by Crippen LogP contribution is 2.06. The first-order chi connectivity index (χ1) is 4.88. The molecule has 0 fully saturated rings. The minimum absolute atomic E-state index is 0.629. The fourth-order valence-electron chi connectivity index (χ4n) is 0.336. The summed E-state index contributed by atoms with van der Waals surface area (Å²) in [6.07, 6.45) is 4.31. The molecule has 0 saturated heterocycles. The van der Waals surface area contributed by atoms with Gasteiger partial charge in [0.15, 0.2) is 11.7 Å². The Balaban J connectivity index is 4.01. The minimum Gasteiger partial charge on any atom is -0.447 e. The zero-order chi connectivity index (χ0) is 9.07. The lowest BCUT2D eigenvalue weighted by atomic mass is 10.1. The van der Waals surface area contributed by atoms with Crippen LogP contribution in [0, 0.1) is 12.3 Å². The molecule has 1 unspecified atom stereocenters. The van der Waals surface area contributed by atoms with Gasteiger partial charge in [0.25, 0.3) is 0 Å². The van der Waals surface area contributed by atoms with Gasteiger partial charge in [0.1, 0.15) is 0 Å². The number of ether oxygens (including phenoxy) is 1. The maximum Gasteiger partial charge on any atom is 0.342 e. The SMILES string of the molecule is C#CC(C)OC(=O)C(C)(C)[O]. The largest absolute Gasteiger partial charge is 0.447 e. The molecule has 11 heavy (non-hydrogen) atoms. The molecule has 0 aliphatic rings. The van der Waals surface area contributed by atoms with E-state index in [1.165, 1.54) is 20.8 Å². The number of rotatable bonds is 2. The number of terminal acetylenes is 1. The first-order valence-corrected chi connectivity index (χ1v) is 3.25. The second kappa shape index (κ2) is 3.40. The molecule has 0 rings (SSSR count). The van der Waals surface area contributed by atoms with Crippen LogP contribution in [0.1, 0.15) is 20.8 Å². The van der Waals surface area contributed by atoms with E-state index in [1.807, 2.05) is 0 Å². The summed E-state index contributed by atoms with van der Waals surface area (Å²) < 4.78 is 4.58. The molecule has 0 saturated carbocycles. The molecule has 0 N–H and O–H groups in total. The monoisotopic (exact) mass is 155 g/mol. The van der Waals surface area contributed by atoms with Gasteiger partial charge >= 0.3 is 5.97 Å². The quantitative estimate of drug-likeness (QED) is 0.436. The van der Waals surface area contributed by atoms with Gasteiger partial charge < -0.3 is 4.74 Å². The Morgan fingerprint density at radius 3 is 2.36 bits per heavy atom. The zero-order valence-corrected chi connectivity index (χ0v) is 6.88. The number of hydrogen-bond acceptors (Lipinski definition) is 2. The number of hydrogen-bond donors (Lipinski definition) is 0. The lowest BCUT2D eigenvalue weighted by Crippen LogP contribution is -2.33. The van der Waals surface area contributed by atoms with Gasteiger partial charge in [0.2, 0.25) is 0 Å². The molecule has 0 bridgehead atoms. The zero-order valence-electron chi connectivity index (χ0n) is 6.88. The summed E-state index contributed by atoms with van der Waals surface area (Å²) in [6, 6.07) is 0. The maximum absolute atomic E-state index is 10.9. The molecule has 3 nitrogen and oxygen atoms in total. The molecule has 0 amide bonds. The van der Waals surface area contributed by atoms with Gasteiger partial charge in [0.05, 0.1) is 0 Å². The molecule has 3 heteroatoms. The third kappa shape index (κ3) is 3.64. The van der Waals surface area contributed by atoms with E-state index in [2.05, 4.69) is 10.7 Å². The Kier molecular flexibility index (Phi) is 3.09. The molecular weight excluding hydrogens is 144 g/mol. The van der Waals surface area contributed by atoms with Crippen molar-refractivity contribution in [2.45, 2.75) is 32.5 Å². The van der Waals surface area contributed by atoms with Crippen molar-refractivity contribution in [1.29, 1.82) is 0 Å². The molecule has 0 aromatic carbocycles. The van der Waals surface area contributed by atoms with Crippen LogP contribution in [0.4, 0.5) is 0 Å². The molecule has 0 aliphatic carbocycles. The van der Waals surface area contributed by atoms with Crippen molar-refractivity contribution < 1.29 is 14.6 Å². The van der Waals surface area contributed by atoms with E-state index >= 15 is 0 Å². The molecular formula is C8H11O3. The van der Waals surface area contributed by atoms with Crippen molar-refractivity contribution in [2.75, 3.05) is 0 Å². The van der Waals surface area contributed by atoms with E-state index in [-0.39, 0.29) is 0 Å². The topological polar surface area (TPSA) is 46.2 Å². The minimum atomic E-state index is -1.72. The van der Waals surface area contributed by atoms with Crippen LogP contribution >= 0.6 is 0 Å². The fraction of sp³-hybridized carbons (Fsp3) is 0.625. The van der Waals surface area contributed by atoms with Crippen molar-refractivity contribution >= 4 is 5.97 Å². The van der Waals surface area contributed by atoms with Crippen LogP contribution in [-0.4, -0.2) is 17.7 Å². The molecule has 0 aliphatic heterocycles. The van der Waals surface area contributed by atoms with Gasteiger partial charge in [-0.25, -0.2) is 9.90 Å². The Morgan fingerprint density at radius 1 is 1.64 bits per heavy atom. The van der Waals surface area contributed by atoms with Crippen molar-refractivity contribution in [3.05, 3.63) is 0 Å². The predicted molar refractivity (Wildman–Crippen MR) is 39.2 cm³/mol. The molecule has 61 valence electrons. The lowest BCUT2D eigenvalue weighted by Gasteiger charge is -2.14. The van der Waals surface area contributed by atoms with Gasteiger partial charge in [0, 0.05) is 0 Å². The third-order valence-corrected chi connectivity index (χ3v) is 1.01. The number of carbonyl (C=O) groups excluding carboxylic acids is 1. The number of esters is 1. The van der Waals surface area contributed by atoms with Gasteiger partial charge in [-0.2, -0.15) is 0 Å². The third-order valence-electron chi connectivity index (χ3n) is 1.01. The van der Waals surface area contributed by atoms with E-state index in [0.29, 0.717) is 0 Å². The average molecular weight is 155 g/mol. The van der Waals surface area contributed by atoms with Gasteiger partial charge in [-0.15, -0.1) is 6.42 Å². The Labute approximate surface area is 66.4 Å². The van der Waals surface area contributed by atoms with Crippen LogP contribution in [-0.2, 0) is 14.6 Å². The van der Waals surface area contributed by atoms with Gasteiger partial charge in [-0.1, -0.05) is 5.92 Å². The Bertz CT molecular complexity index is 182. The normalized spacial score (nSPS) is 13.4. The summed E-state index contributed by atoms with van der Waals surface area (Å²) in [7, 11) is 0. The fourth-order valence-corrected chi connectivity index (χ4v) is 0.336. The van der Waals surface area contributed by atoms with Crippen molar-refractivity contribution in [2.24, 2.45) is 0 Å². The van der Waals surface area contributed by atoms with E-state index < -0.39 is 17.7 Å². The molecule has 0 spiro atoms. The highest BCUT2D eigenvalue weighted by Gasteiger charge is 2.29. The Hall–Kier alpha value is -1.01.